The van der Waals surface area contributed by atoms with Crippen molar-refractivity contribution in [2.24, 2.45) is 0 Å². The summed E-state index contributed by atoms with van der Waals surface area (Å²) in [5.41, 5.74) is 1.19. The predicted octanol–water partition coefficient (Wildman–Crippen LogP) is 2.83. The van der Waals surface area contributed by atoms with E-state index in [0.29, 0.717) is 10.2 Å². The van der Waals surface area contributed by atoms with E-state index in [1.54, 1.807) is 6.92 Å². The number of hydrogen-bond acceptors (Lipinski definition) is 5. The van der Waals surface area contributed by atoms with Crippen LogP contribution in [0.3, 0.4) is 0 Å². The standard InChI is InChI=1S/C15H12N2O3S/c1-2-20-15(19)13-16-10-8-11(9-6-4-3-5-7-9)21-12(10)14(18)17-13/h3-8H,2H2,1H3,(H,16,17,18). The molecule has 0 spiro atoms. The molecule has 0 saturated carbocycles. The van der Waals surface area contributed by atoms with Crippen molar-refractivity contribution >= 4 is 27.5 Å². The smallest absolute Gasteiger partial charge is 0.374 e. The molecular weight excluding hydrogens is 288 g/mol. The second-order valence-electron chi connectivity index (χ2n) is 4.33. The second-order valence-corrected chi connectivity index (χ2v) is 5.38. The Morgan fingerprint density at radius 3 is 2.81 bits per heavy atom. The summed E-state index contributed by atoms with van der Waals surface area (Å²) in [5.74, 6) is -0.685. The summed E-state index contributed by atoms with van der Waals surface area (Å²) in [7, 11) is 0. The van der Waals surface area contributed by atoms with Crippen molar-refractivity contribution in [3.8, 4) is 10.4 Å². The van der Waals surface area contributed by atoms with Gasteiger partial charge in [0.05, 0.1) is 12.1 Å². The molecular formula is C15H12N2O3S. The summed E-state index contributed by atoms with van der Waals surface area (Å²) in [6.07, 6.45) is 0. The van der Waals surface area contributed by atoms with E-state index in [1.165, 1.54) is 11.3 Å². The van der Waals surface area contributed by atoms with Gasteiger partial charge in [-0.15, -0.1) is 11.3 Å². The van der Waals surface area contributed by atoms with Crippen molar-refractivity contribution in [1.29, 1.82) is 0 Å². The number of aromatic amines is 1. The number of esters is 1. The van der Waals surface area contributed by atoms with Crippen molar-refractivity contribution in [1.82, 2.24) is 9.97 Å². The molecule has 106 valence electrons. The minimum Gasteiger partial charge on any atom is -0.460 e. The first-order valence-corrected chi connectivity index (χ1v) is 7.27. The van der Waals surface area contributed by atoms with E-state index >= 15 is 0 Å². The van der Waals surface area contributed by atoms with Gasteiger partial charge in [0, 0.05) is 4.88 Å². The van der Waals surface area contributed by atoms with Crippen LogP contribution in [0.4, 0.5) is 0 Å². The number of thiophene rings is 1. The highest BCUT2D eigenvalue weighted by Crippen LogP contribution is 2.30. The van der Waals surface area contributed by atoms with Crippen LogP contribution in [-0.4, -0.2) is 22.5 Å². The highest BCUT2D eigenvalue weighted by atomic mass is 32.1. The minimum atomic E-state index is -0.621. The van der Waals surface area contributed by atoms with E-state index in [-0.39, 0.29) is 18.0 Å². The number of ether oxygens (including phenoxy) is 1. The molecule has 3 rings (SSSR count). The summed E-state index contributed by atoms with van der Waals surface area (Å²) in [6, 6.07) is 11.5. The van der Waals surface area contributed by atoms with Crippen molar-refractivity contribution in [3.63, 3.8) is 0 Å². The third-order valence-corrected chi connectivity index (χ3v) is 4.08. The molecule has 1 aromatic carbocycles. The number of benzene rings is 1. The summed E-state index contributed by atoms with van der Waals surface area (Å²) >= 11 is 1.35. The van der Waals surface area contributed by atoms with Gasteiger partial charge in [-0.3, -0.25) is 9.78 Å². The lowest BCUT2D eigenvalue weighted by Crippen LogP contribution is -2.16. The Bertz CT molecular complexity index is 852. The number of nitrogens with zero attached hydrogens (tertiary/aromatic N) is 1. The van der Waals surface area contributed by atoms with Crippen LogP contribution in [0.2, 0.25) is 0 Å². The molecule has 21 heavy (non-hydrogen) atoms. The lowest BCUT2D eigenvalue weighted by Gasteiger charge is -1.99. The highest BCUT2D eigenvalue weighted by molar-refractivity contribution is 7.22. The first-order valence-electron chi connectivity index (χ1n) is 6.45. The molecule has 0 saturated heterocycles. The van der Waals surface area contributed by atoms with Crippen LogP contribution in [0.5, 0.6) is 0 Å². The van der Waals surface area contributed by atoms with Gasteiger partial charge in [0.2, 0.25) is 5.82 Å². The molecule has 5 nitrogen and oxygen atoms in total. The molecule has 6 heteroatoms. The van der Waals surface area contributed by atoms with Gasteiger partial charge in [-0.05, 0) is 18.6 Å². The van der Waals surface area contributed by atoms with Crippen LogP contribution in [-0.2, 0) is 4.74 Å². The highest BCUT2D eigenvalue weighted by Gasteiger charge is 2.15. The van der Waals surface area contributed by atoms with Gasteiger partial charge in [0.1, 0.15) is 4.70 Å². The summed E-state index contributed by atoms with van der Waals surface area (Å²) in [5, 5.41) is 0. The fourth-order valence-corrected chi connectivity index (χ4v) is 2.98. The van der Waals surface area contributed by atoms with Gasteiger partial charge in [-0.25, -0.2) is 9.78 Å². The van der Waals surface area contributed by atoms with Gasteiger partial charge in [-0.1, -0.05) is 30.3 Å². The largest absolute Gasteiger partial charge is 0.460 e. The third kappa shape index (κ3) is 2.57. The van der Waals surface area contributed by atoms with Crippen molar-refractivity contribution in [2.75, 3.05) is 6.61 Å². The molecule has 0 aliphatic rings. The molecule has 0 radical (unpaired) electrons. The van der Waals surface area contributed by atoms with Gasteiger partial charge in [0.15, 0.2) is 0 Å². The molecule has 0 fully saturated rings. The van der Waals surface area contributed by atoms with Gasteiger partial charge in [-0.2, -0.15) is 0 Å². The van der Waals surface area contributed by atoms with Crippen LogP contribution in [0.15, 0.2) is 41.2 Å². The minimum absolute atomic E-state index is 0.0632. The zero-order chi connectivity index (χ0) is 14.8. The molecule has 1 N–H and O–H groups in total. The fourth-order valence-electron chi connectivity index (χ4n) is 1.98. The monoisotopic (exact) mass is 300 g/mol. The SMILES string of the molecule is CCOC(=O)c1nc2cc(-c3ccccc3)sc2c(=O)[nH]1. The Morgan fingerprint density at radius 2 is 2.10 bits per heavy atom. The van der Waals surface area contributed by atoms with E-state index in [2.05, 4.69) is 9.97 Å². The first-order chi connectivity index (χ1) is 10.2. The van der Waals surface area contributed by atoms with Crippen molar-refractivity contribution < 1.29 is 9.53 Å². The van der Waals surface area contributed by atoms with Crippen LogP contribution < -0.4 is 5.56 Å². The molecule has 0 bridgehead atoms. The number of carbonyl (C=O) groups is 1. The number of carbonyl (C=O) groups excluding carboxylic acids is 1. The van der Waals surface area contributed by atoms with E-state index in [0.717, 1.165) is 10.4 Å². The lowest BCUT2D eigenvalue weighted by atomic mass is 10.2. The molecule has 2 aromatic heterocycles. The average molecular weight is 300 g/mol. The van der Waals surface area contributed by atoms with Gasteiger partial charge >= 0.3 is 5.97 Å². The Kier molecular flexibility index (Phi) is 3.53. The number of fused-ring (bicyclic) bond motifs is 1. The third-order valence-electron chi connectivity index (χ3n) is 2.91. The maximum atomic E-state index is 12.1. The predicted molar refractivity (Wildman–Crippen MR) is 81.6 cm³/mol. The van der Waals surface area contributed by atoms with Crippen LogP contribution in [0.1, 0.15) is 17.5 Å². The zero-order valence-electron chi connectivity index (χ0n) is 11.3. The normalized spacial score (nSPS) is 10.7. The molecule has 2 heterocycles. The Morgan fingerprint density at radius 1 is 1.33 bits per heavy atom. The van der Waals surface area contributed by atoms with Crippen molar-refractivity contribution in [2.45, 2.75) is 6.92 Å². The summed E-state index contributed by atoms with van der Waals surface area (Å²) in [4.78, 5) is 31.3. The maximum absolute atomic E-state index is 12.1. The Balaban J connectivity index is 2.12. The van der Waals surface area contributed by atoms with E-state index in [9.17, 15) is 9.59 Å². The number of nitrogens with one attached hydrogen (secondary N) is 1. The first kappa shape index (κ1) is 13.5. The molecule has 3 aromatic rings. The summed E-state index contributed by atoms with van der Waals surface area (Å²) in [6.45, 7) is 1.94. The zero-order valence-corrected chi connectivity index (χ0v) is 12.1. The van der Waals surface area contributed by atoms with E-state index in [1.807, 2.05) is 36.4 Å². The molecule has 0 aliphatic carbocycles. The van der Waals surface area contributed by atoms with Gasteiger partial charge < -0.3 is 4.74 Å². The van der Waals surface area contributed by atoms with Crippen LogP contribution in [0, 0.1) is 0 Å². The van der Waals surface area contributed by atoms with Gasteiger partial charge in [0.25, 0.3) is 5.56 Å². The number of hydrogen-bond donors (Lipinski definition) is 1. The van der Waals surface area contributed by atoms with E-state index in [4.69, 9.17) is 4.74 Å². The molecule has 0 unspecified atom stereocenters. The van der Waals surface area contributed by atoms with Crippen LogP contribution >= 0.6 is 11.3 Å². The summed E-state index contributed by atoms with van der Waals surface area (Å²) < 4.78 is 5.36. The Hall–Kier alpha value is -2.47. The van der Waals surface area contributed by atoms with E-state index < -0.39 is 5.97 Å². The molecule has 0 amide bonds. The van der Waals surface area contributed by atoms with Crippen molar-refractivity contribution in [3.05, 3.63) is 52.6 Å². The fraction of sp³-hybridized carbons (Fsp3) is 0.133. The Labute approximate surface area is 124 Å². The molecule has 0 aliphatic heterocycles. The number of aromatic nitrogens is 2. The topological polar surface area (TPSA) is 72.0 Å². The second kappa shape index (κ2) is 5.49. The quantitative estimate of drug-likeness (QED) is 0.755. The number of H-pyrrole nitrogens is 1. The average Bonchev–Trinajstić information content (AvgIpc) is 2.93. The van der Waals surface area contributed by atoms with Crippen LogP contribution in [0.25, 0.3) is 20.7 Å². The lowest BCUT2D eigenvalue weighted by molar-refractivity contribution is 0.0512. The number of rotatable bonds is 3. The maximum Gasteiger partial charge on any atom is 0.374 e. The molecule has 0 atom stereocenters.